The highest BCUT2D eigenvalue weighted by atomic mass is 32.2. The van der Waals surface area contributed by atoms with Gasteiger partial charge in [-0.25, -0.2) is 4.98 Å². The SMILES string of the molecule is Cc1cccc(-n2ccnc2SCC(=O)NCCCOC(C)C)c1C. The van der Waals surface area contributed by atoms with Crippen LogP contribution in [0, 0.1) is 13.8 Å². The number of imidazole rings is 1. The van der Waals surface area contributed by atoms with Crippen molar-refractivity contribution in [2.45, 2.75) is 45.4 Å². The van der Waals surface area contributed by atoms with Crippen molar-refractivity contribution in [2.75, 3.05) is 18.9 Å². The van der Waals surface area contributed by atoms with Crippen LogP contribution < -0.4 is 5.32 Å². The molecule has 0 aliphatic rings. The van der Waals surface area contributed by atoms with E-state index >= 15 is 0 Å². The lowest BCUT2D eigenvalue weighted by Gasteiger charge is -2.12. The zero-order chi connectivity index (χ0) is 18.2. The third-order valence-corrected chi connectivity index (χ3v) is 4.84. The minimum absolute atomic E-state index is 0.0186. The topological polar surface area (TPSA) is 56.2 Å². The van der Waals surface area contributed by atoms with Gasteiger partial charge in [-0.3, -0.25) is 9.36 Å². The molecule has 0 spiro atoms. The minimum atomic E-state index is 0.0186. The van der Waals surface area contributed by atoms with Crippen LogP contribution in [0.1, 0.15) is 31.4 Å². The van der Waals surface area contributed by atoms with E-state index in [9.17, 15) is 4.79 Å². The number of nitrogens with one attached hydrogen (secondary N) is 1. The molecule has 0 unspecified atom stereocenters. The van der Waals surface area contributed by atoms with Gasteiger partial charge in [0, 0.05) is 25.5 Å². The van der Waals surface area contributed by atoms with Crippen LogP contribution in [0.5, 0.6) is 0 Å². The molecule has 0 radical (unpaired) electrons. The molecule has 136 valence electrons. The Morgan fingerprint density at radius 3 is 2.92 bits per heavy atom. The Balaban J connectivity index is 1.85. The van der Waals surface area contributed by atoms with Crippen LogP contribution >= 0.6 is 11.8 Å². The first-order valence-electron chi connectivity index (χ1n) is 8.60. The quantitative estimate of drug-likeness (QED) is 0.548. The summed E-state index contributed by atoms with van der Waals surface area (Å²) in [6, 6.07) is 6.21. The summed E-state index contributed by atoms with van der Waals surface area (Å²) in [5, 5.41) is 3.75. The Kier molecular flexibility index (Phi) is 7.52. The molecule has 0 saturated carbocycles. The molecule has 1 heterocycles. The number of rotatable bonds is 9. The number of hydrogen-bond donors (Lipinski definition) is 1. The Morgan fingerprint density at radius 2 is 2.16 bits per heavy atom. The molecule has 1 N–H and O–H groups in total. The third-order valence-electron chi connectivity index (χ3n) is 3.87. The number of amides is 1. The Morgan fingerprint density at radius 1 is 1.36 bits per heavy atom. The van der Waals surface area contributed by atoms with E-state index in [0.717, 1.165) is 17.3 Å². The van der Waals surface area contributed by atoms with Gasteiger partial charge >= 0.3 is 0 Å². The first-order valence-corrected chi connectivity index (χ1v) is 9.58. The largest absolute Gasteiger partial charge is 0.379 e. The maximum absolute atomic E-state index is 12.0. The van der Waals surface area contributed by atoms with Gasteiger partial charge in [0.15, 0.2) is 5.16 Å². The van der Waals surface area contributed by atoms with Crippen molar-refractivity contribution < 1.29 is 9.53 Å². The first kappa shape index (κ1) is 19.5. The summed E-state index contributed by atoms with van der Waals surface area (Å²) in [4.78, 5) is 16.4. The fourth-order valence-electron chi connectivity index (χ4n) is 2.38. The number of carbonyl (C=O) groups is 1. The van der Waals surface area contributed by atoms with E-state index in [1.54, 1.807) is 6.20 Å². The fraction of sp³-hybridized carbons (Fsp3) is 0.474. The van der Waals surface area contributed by atoms with E-state index in [2.05, 4.69) is 36.3 Å². The van der Waals surface area contributed by atoms with Gasteiger partial charge in [-0.05, 0) is 51.3 Å². The molecule has 6 heteroatoms. The third kappa shape index (κ3) is 5.90. The Bertz CT molecular complexity index is 698. The van der Waals surface area contributed by atoms with Gasteiger partial charge in [0.25, 0.3) is 0 Å². The van der Waals surface area contributed by atoms with Crippen LogP contribution in [0.25, 0.3) is 5.69 Å². The lowest BCUT2D eigenvalue weighted by molar-refractivity contribution is -0.118. The number of nitrogens with zero attached hydrogens (tertiary/aromatic N) is 2. The highest BCUT2D eigenvalue weighted by molar-refractivity contribution is 7.99. The van der Waals surface area contributed by atoms with E-state index in [-0.39, 0.29) is 12.0 Å². The van der Waals surface area contributed by atoms with Crippen LogP contribution in [-0.4, -0.2) is 40.5 Å². The van der Waals surface area contributed by atoms with E-state index < -0.39 is 0 Å². The second kappa shape index (κ2) is 9.63. The number of thioether (sulfide) groups is 1. The van der Waals surface area contributed by atoms with Crippen molar-refractivity contribution in [1.29, 1.82) is 0 Å². The summed E-state index contributed by atoms with van der Waals surface area (Å²) < 4.78 is 7.50. The van der Waals surface area contributed by atoms with E-state index in [1.807, 2.05) is 30.7 Å². The average molecular weight is 362 g/mol. The summed E-state index contributed by atoms with van der Waals surface area (Å²) >= 11 is 1.45. The standard InChI is InChI=1S/C19H27N3O2S/c1-14(2)24-12-6-9-20-18(23)13-25-19-21-10-11-22(19)17-8-5-7-15(3)16(17)4/h5,7-8,10-11,14H,6,9,12-13H2,1-4H3,(H,20,23). The molecule has 2 rings (SSSR count). The molecule has 2 aromatic rings. The molecule has 0 aliphatic carbocycles. The number of ether oxygens (including phenoxy) is 1. The van der Waals surface area contributed by atoms with Gasteiger partial charge < -0.3 is 10.1 Å². The monoisotopic (exact) mass is 361 g/mol. The van der Waals surface area contributed by atoms with Gasteiger partial charge in [-0.1, -0.05) is 23.9 Å². The number of hydrogen-bond acceptors (Lipinski definition) is 4. The van der Waals surface area contributed by atoms with Crippen molar-refractivity contribution in [1.82, 2.24) is 14.9 Å². The molecule has 0 bridgehead atoms. The maximum atomic E-state index is 12.0. The normalized spacial score (nSPS) is 11.1. The Hall–Kier alpha value is -1.79. The predicted octanol–water partition coefficient (Wildman–Crippen LogP) is 3.51. The predicted molar refractivity (Wildman–Crippen MR) is 102 cm³/mol. The van der Waals surface area contributed by atoms with Gasteiger partial charge in [0.05, 0.1) is 17.5 Å². The van der Waals surface area contributed by atoms with Crippen LogP contribution in [0.3, 0.4) is 0 Å². The van der Waals surface area contributed by atoms with Crippen molar-refractivity contribution in [3.8, 4) is 5.69 Å². The summed E-state index contributed by atoms with van der Waals surface area (Å²) in [5.74, 6) is 0.373. The smallest absolute Gasteiger partial charge is 0.230 e. The molecule has 1 aromatic carbocycles. The molecule has 1 amide bonds. The number of benzene rings is 1. The molecule has 0 saturated heterocycles. The second-order valence-corrected chi connectivity index (χ2v) is 7.15. The lowest BCUT2D eigenvalue weighted by atomic mass is 10.1. The Labute approximate surface area is 154 Å². The molecule has 0 fully saturated rings. The molecule has 0 aliphatic heterocycles. The minimum Gasteiger partial charge on any atom is -0.379 e. The number of aryl methyl sites for hydroxylation is 1. The van der Waals surface area contributed by atoms with Crippen LogP contribution in [0.4, 0.5) is 0 Å². The molecule has 1 aromatic heterocycles. The van der Waals surface area contributed by atoms with Gasteiger partial charge in [0.2, 0.25) is 5.91 Å². The number of aromatic nitrogens is 2. The average Bonchev–Trinajstić information content (AvgIpc) is 3.03. The van der Waals surface area contributed by atoms with Crippen LogP contribution in [0.2, 0.25) is 0 Å². The van der Waals surface area contributed by atoms with Crippen molar-refractivity contribution >= 4 is 17.7 Å². The zero-order valence-electron chi connectivity index (χ0n) is 15.4. The lowest BCUT2D eigenvalue weighted by Crippen LogP contribution is -2.27. The molecule has 5 nitrogen and oxygen atoms in total. The van der Waals surface area contributed by atoms with Crippen LogP contribution in [-0.2, 0) is 9.53 Å². The molecule has 25 heavy (non-hydrogen) atoms. The maximum Gasteiger partial charge on any atom is 0.230 e. The molecule has 0 atom stereocenters. The highest BCUT2D eigenvalue weighted by Gasteiger charge is 2.11. The summed E-state index contributed by atoms with van der Waals surface area (Å²) in [6.45, 7) is 9.52. The highest BCUT2D eigenvalue weighted by Crippen LogP contribution is 2.24. The van der Waals surface area contributed by atoms with Gasteiger partial charge in [0.1, 0.15) is 0 Å². The van der Waals surface area contributed by atoms with Crippen molar-refractivity contribution in [3.05, 3.63) is 41.7 Å². The van der Waals surface area contributed by atoms with Crippen molar-refractivity contribution in [2.24, 2.45) is 0 Å². The first-order chi connectivity index (χ1) is 12.0. The van der Waals surface area contributed by atoms with Gasteiger partial charge in [-0.2, -0.15) is 0 Å². The van der Waals surface area contributed by atoms with E-state index in [4.69, 9.17) is 4.74 Å². The molecular formula is C19H27N3O2S. The number of carbonyl (C=O) groups excluding carboxylic acids is 1. The second-order valence-electron chi connectivity index (χ2n) is 6.21. The summed E-state index contributed by atoms with van der Waals surface area (Å²) in [7, 11) is 0. The van der Waals surface area contributed by atoms with E-state index in [1.165, 1.54) is 22.9 Å². The van der Waals surface area contributed by atoms with Crippen molar-refractivity contribution in [3.63, 3.8) is 0 Å². The van der Waals surface area contributed by atoms with Gasteiger partial charge in [-0.15, -0.1) is 0 Å². The summed E-state index contributed by atoms with van der Waals surface area (Å²) in [5.41, 5.74) is 3.56. The molecular weight excluding hydrogens is 334 g/mol. The van der Waals surface area contributed by atoms with E-state index in [0.29, 0.717) is 18.9 Å². The zero-order valence-corrected chi connectivity index (χ0v) is 16.2. The fourth-order valence-corrected chi connectivity index (χ4v) is 3.17. The summed E-state index contributed by atoms with van der Waals surface area (Å²) in [6.07, 6.45) is 4.76. The van der Waals surface area contributed by atoms with Crippen LogP contribution in [0.15, 0.2) is 35.7 Å².